The lowest BCUT2D eigenvalue weighted by molar-refractivity contribution is -0.385. The largest absolute Gasteiger partial charge is 0.340 e. The van der Waals surface area contributed by atoms with Crippen molar-refractivity contribution in [2.45, 2.75) is 6.42 Å². The normalized spacial score (nSPS) is 15.4. The van der Waals surface area contributed by atoms with Gasteiger partial charge in [0.15, 0.2) is 0 Å². The Bertz CT molecular complexity index is 456. The predicted molar refractivity (Wildman–Crippen MR) is 66.3 cm³/mol. The van der Waals surface area contributed by atoms with Gasteiger partial charge in [0.2, 0.25) is 5.91 Å². The molecule has 0 saturated carbocycles. The molecular weight excluding hydrogens is 234 g/mol. The predicted octanol–water partition coefficient (Wildman–Crippen LogP) is 0.569. The first kappa shape index (κ1) is 12.5. The van der Waals surface area contributed by atoms with E-state index < -0.39 is 4.92 Å². The van der Waals surface area contributed by atoms with E-state index in [1.54, 1.807) is 23.1 Å². The zero-order chi connectivity index (χ0) is 13.0. The van der Waals surface area contributed by atoms with Crippen LogP contribution in [-0.4, -0.2) is 41.9 Å². The molecule has 0 spiro atoms. The number of carbonyl (C=O) groups is 1. The molecule has 96 valence electrons. The Hall–Kier alpha value is -1.95. The minimum absolute atomic E-state index is 0.0148. The Morgan fingerprint density at radius 2 is 2.00 bits per heavy atom. The van der Waals surface area contributed by atoms with Gasteiger partial charge in [0, 0.05) is 37.8 Å². The van der Waals surface area contributed by atoms with Gasteiger partial charge in [0.1, 0.15) is 0 Å². The van der Waals surface area contributed by atoms with E-state index in [9.17, 15) is 14.9 Å². The molecule has 0 aliphatic carbocycles. The van der Waals surface area contributed by atoms with E-state index in [-0.39, 0.29) is 18.0 Å². The van der Waals surface area contributed by atoms with Crippen molar-refractivity contribution >= 4 is 11.6 Å². The molecule has 1 aromatic rings. The lowest BCUT2D eigenvalue weighted by atomic mass is 10.1. The summed E-state index contributed by atoms with van der Waals surface area (Å²) in [6.45, 7) is 2.89. The summed E-state index contributed by atoms with van der Waals surface area (Å²) in [6, 6.07) is 6.39. The maximum absolute atomic E-state index is 12.0. The SMILES string of the molecule is O=C(Cc1ccccc1[N+](=O)[O-])N1CCNCC1. The van der Waals surface area contributed by atoms with Crippen molar-refractivity contribution in [1.29, 1.82) is 0 Å². The smallest absolute Gasteiger partial charge is 0.273 e. The number of nitro benzene ring substituents is 1. The van der Waals surface area contributed by atoms with Gasteiger partial charge in [0.05, 0.1) is 11.3 Å². The lowest BCUT2D eigenvalue weighted by Gasteiger charge is -2.27. The lowest BCUT2D eigenvalue weighted by Crippen LogP contribution is -2.46. The van der Waals surface area contributed by atoms with E-state index in [4.69, 9.17) is 0 Å². The molecule has 6 nitrogen and oxygen atoms in total. The standard InChI is InChI=1S/C12H15N3O3/c16-12(14-7-5-13-6-8-14)9-10-3-1-2-4-11(10)15(17)18/h1-4,13H,5-9H2. The van der Waals surface area contributed by atoms with Crippen molar-refractivity contribution in [2.75, 3.05) is 26.2 Å². The molecule has 6 heteroatoms. The molecule has 0 unspecified atom stereocenters. The highest BCUT2D eigenvalue weighted by Gasteiger charge is 2.20. The number of nitrogens with one attached hydrogen (secondary N) is 1. The molecule has 0 radical (unpaired) electrons. The average Bonchev–Trinajstić information content (AvgIpc) is 2.40. The van der Waals surface area contributed by atoms with Crippen LogP contribution in [0, 0.1) is 10.1 Å². The Kier molecular flexibility index (Phi) is 3.88. The molecular formula is C12H15N3O3. The quantitative estimate of drug-likeness (QED) is 0.627. The van der Waals surface area contributed by atoms with E-state index >= 15 is 0 Å². The maximum atomic E-state index is 12.0. The Morgan fingerprint density at radius 1 is 1.33 bits per heavy atom. The van der Waals surface area contributed by atoms with E-state index in [0.29, 0.717) is 18.7 Å². The molecule has 0 bridgehead atoms. The Morgan fingerprint density at radius 3 is 2.67 bits per heavy atom. The highest BCUT2D eigenvalue weighted by atomic mass is 16.6. The molecule has 2 rings (SSSR count). The Balaban J connectivity index is 2.08. The summed E-state index contributed by atoms with van der Waals surface area (Å²) in [6.07, 6.45) is 0.0944. The van der Waals surface area contributed by atoms with Gasteiger partial charge < -0.3 is 10.2 Å². The number of benzene rings is 1. The van der Waals surface area contributed by atoms with Crippen LogP contribution in [0.4, 0.5) is 5.69 Å². The van der Waals surface area contributed by atoms with Crippen molar-refractivity contribution in [3.05, 3.63) is 39.9 Å². The van der Waals surface area contributed by atoms with Crippen LogP contribution in [0.15, 0.2) is 24.3 Å². The monoisotopic (exact) mass is 249 g/mol. The van der Waals surface area contributed by atoms with Gasteiger partial charge in [-0.05, 0) is 0 Å². The number of hydrogen-bond donors (Lipinski definition) is 1. The van der Waals surface area contributed by atoms with E-state index in [1.807, 2.05) is 0 Å². The molecule has 1 aromatic carbocycles. The summed E-state index contributed by atoms with van der Waals surface area (Å²) in [5.41, 5.74) is 0.493. The third-order valence-electron chi connectivity index (χ3n) is 3.00. The summed E-state index contributed by atoms with van der Waals surface area (Å²) in [7, 11) is 0. The van der Waals surface area contributed by atoms with Gasteiger partial charge in [-0.15, -0.1) is 0 Å². The molecule has 1 N–H and O–H groups in total. The fraction of sp³-hybridized carbons (Fsp3) is 0.417. The van der Waals surface area contributed by atoms with Crippen LogP contribution in [0.2, 0.25) is 0 Å². The number of amides is 1. The summed E-state index contributed by atoms with van der Waals surface area (Å²) in [4.78, 5) is 24.2. The first-order valence-corrected chi connectivity index (χ1v) is 5.89. The number of nitrogens with zero attached hydrogens (tertiary/aromatic N) is 2. The molecule has 18 heavy (non-hydrogen) atoms. The van der Waals surface area contributed by atoms with Gasteiger partial charge in [0.25, 0.3) is 5.69 Å². The number of para-hydroxylation sites is 1. The van der Waals surface area contributed by atoms with Crippen molar-refractivity contribution in [2.24, 2.45) is 0 Å². The number of hydrogen-bond acceptors (Lipinski definition) is 4. The second-order valence-electron chi connectivity index (χ2n) is 4.19. The molecule has 1 aliphatic rings. The molecule has 0 aromatic heterocycles. The van der Waals surface area contributed by atoms with Crippen molar-refractivity contribution in [1.82, 2.24) is 10.2 Å². The third-order valence-corrected chi connectivity index (χ3v) is 3.00. The average molecular weight is 249 g/mol. The van der Waals surface area contributed by atoms with Crippen LogP contribution < -0.4 is 5.32 Å². The van der Waals surface area contributed by atoms with Crippen LogP contribution >= 0.6 is 0 Å². The first-order chi connectivity index (χ1) is 8.68. The van der Waals surface area contributed by atoms with Crippen LogP contribution in [0.1, 0.15) is 5.56 Å². The molecule has 1 heterocycles. The molecule has 1 fully saturated rings. The fourth-order valence-corrected chi connectivity index (χ4v) is 2.03. The second kappa shape index (κ2) is 5.59. The summed E-state index contributed by atoms with van der Waals surface area (Å²) in [5, 5.41) is 14.0. The van der Waals surface area contributed by atoms with Crippen molar-refractivity contribution in [3.63, 3.8) is 0 Å². The second-order valence-corrected chi connectivity index (χ2v) is 4.19. The van der Waals surface area contributed by atoms with E-state index in [2.05, 4.69) is 5.32 Å². The first-order valence-electron chi connectivity index (χ1n) is 5.89. The highest BCUT2D eigenvalue weighted by Crippen LogP contribution is 2.18. The zero-order valence-corrected chi connectivity index (χ0v) is 9.96. The molecule has 0 atom stereocenters. The minimum atomic E-state index is -0.444. The number of carbonyl (C=O) groups excluding carboxylic acids is 1. The van der Waals surface area contributed by atoms with Crippen molar-refractivity contribution < 1.29 is 9.72 Å². The van der Waals surface area contributed by atoms with Crippen LogP contribution in [0.3, 0.4) is 0 Å². The van der Waals surface area contributed by atoms with Crippen molar-refractivity contribution in [3.8, 4) is 0 Å². The van der Waals surface area contributed by atoms with Crippen LogP contribution in [-0.2, 0) is 11.2 Å². The summed E-state index contributed by atoms with van der Waals surface area (Å²) >= 11 is 0. The fourth-order valence-electron chi connectivity index (χ4n) is 2.03. The Labute approximate surface area is 105 Å². The maximum Gasteiger partial charge on any atom is 0.273 e. The molecule has 1 saturated heterocycles. The van der Waals surface area contributed by atoms with Gasteiger partial charge in [-0.25, -0.2) is 0 Å². The third kappa shape index (κ3) is 2.84. The van der Waals surface area contributed by atoms with E-state index in [1.165, 1.54) is 6.07 Å². The molecule has 1 amide bonds. The van der Waals surface area contributed by atoms with Gasteiger partial charge in [-0.2, -0.15) is 0 Å². The molecule has 1 aliphatic heterocycles. The van der Waals surface area contributed by atoms with Gasteiger partial charge in [-0.3, -0.25) is 14.9 Å². The summed E-state index contributed by atoms with van der Waals surface area (Å²) < 4.78 is 0. The van der Waals surface area contributed by atoms with Gasteiger partial charge in [-0.1, -0.05) is 18.2 Å². The zero-order valence-electron chi connectivity index (χ0n) is 9.96. The van der Waals surface area contributed by atoms with E-state index in [0.717, 1.165) is 13.1 Å². The van der Waals surface area contributed by atoms with Crippen LogP contribution in [0.5, 0.6) is 0 Å². The van der Waals surface area contributed by atoms with Crippen LogP contribution in [0.25, 0.3) is 0 Å². The topological polar surface area (TPSA) is 75.5 Å². The van der Waals surface area contributed by atoms with Gasteiger partial charge >= 0.3 is 0 Å². The highest BCUT2D eigenvalue weighted by molar-refractivity contribution is 5.80. The number of rotatable bonds is 3. The minimum Gasteiger partial charge on any atom is -0.340 e. The summed E-state index contributed by atoms with van der Waals surface area (Å²) in [5.74, 6) is -0.0502. The number of piperazine rings is 1. The number of nitro groups is 1.